The lowest BCUT2D eigenvalue weighted by Crippen LogP contribution is -2.10. The van der Waals surface area contributed by atoms with E-state index in [1.807, 2.05) is 0 Å². The number of hydrogen-bond donors (Lipinski definition) is 0. The molecule has 0 N–H and O–H groups in total. The van der Waals surface area contributed by atoms with Gasteiger partial charge in [-0.25, -0.2) is 0 Å². The molecule has 0 aliphatic carbocycles. The molecule has 12 rings (SSSR count). The second-order valence-electron chi connectivity index (χ2n) is 17.4. The molecule has 0 aliphatic heterocycles. The summed E-state index contributed by atoms with van der Waals surface area (Å²) in [5, 5.41) is 2.42. The van der Waals surface area contributed by atoms with Crippen molar-refractivity contribution in [1.29, 1.82) is 0 Å². The quantitative estimate of drug-likeness (QED) is 0.121. The molecule has 0 bridgehead atoms. The molecule has 0 aliphatic rings. The zero-order chi connectivity index (χ0) is 46.6. The monoisotopic (exact) mass is 896 g/mol. The minimum Gasteiger partial charge on any atom is -0.311 e. The van der Waals surface area contributed by atoms with Gasteiger partial charge in [0.05, 0.1) is 11.0 Å². The van der Waals surface area contributed by atoms with Gasteiger partial charge in [-0.1, -0.05) is 158 Å². The molecule has 11 aromatic carbocycles. The van der Waals surface area contributed by atoms with Crippen LogP contribution in [0.3, 0.4) is 0 Å². The highest BCUT2D eigenvalue weighted by Gasteiger charge is 2.19. The molecule has 4 nitrogen and oxygen atoms in total. The van der Waals surface area contributed by atoms with Gasteiger partial charge in [0.2, 0.25) is 0 Å². The highest BCUT2D eigenvalue weighted by atomic mass is 15.2. The maximum atomic E-state index is 2.38. The van der Waals surface area contributed by atoms with Gasteiger partial charge in [0.1, 0.15) is 0 Å². The van der Waals surface area contributed by atoms with Crippen molar-refractivity contribution in [3.63, 3.8) is 0 Å². The fourth-order valence-corrected chi connectivity index (χ4v) is 9.82. The molecule has 0 saturated carbocycles. The summed E-state index contributed by atoms with van der Waals surface area (Å²) in [7, 11) is 0. The third-order valence-electron chi connectivity index (χ3n) is 13.2. The number of hydrogen-bond acceptors (Lipinski definition) is 3. The third-order valence-corrected chi connectivity index (χ3v) is 13.2. The normalized spacial score (nSPS) is 11.1. The van der Waals surface area contributed by atoms with Crippen molar-refractivity contribution in [2.24, 2.45) is 0 Å². The summed E-state index contributed by atoms with van der Waals surface area (Å²) >= 11 is 0. The van der Waals surface area contributed by atoms with Gasteiger partial charge in [0, 0.05) is 67.6 Å². The number of rotatable bonds is 12. The Hall–Kier alpha value is -9.38. The Morgan fingerprint density at radius 3 is 0.843 bits per heavy atom. The van der Waals surface area contributed by atoms with Crippen LogP contribution in [0, 0.1) is 0 Å². The number of nitrogens with zero attached hydrogens (tertiary/aromatic N) is 4. The molecule has 4 heteroatoms. The van der Waals surface area contributed by atoms with E-state index in [4.69, 9.17) is 0 Å². The average Bonchev–Trinajstić information content (AvgIpc) is 3.77. The minimum atomic E-state index is 1.07. The average molecular weight is 897 g/mol. The lowest BCUT2D eigenvalue weighted by Gasteiger charge is -2.27. The van der Waals surface area contributed by atoms with E-state index in [1.54, 1.807) is 0 Å². The van der Waals surface area contributed by atoms with Gasteiger partial charge in [-0.2, -0.15) is 0 Å². The van der Waals surface area contributed by atoms with Crippen LogP contribution in [0.2, 0.25) is 0 Å². The Morgan fingerprint density at radius 2 is 0.471 bits per heavy atom. The van der Waals surface area contributed by atoms with E-state index < -0.39 is 0 Å². The summed E-state index contributed by atoms with van der Waals surface area (Å²) < 4.78 is 2.37. The Labute approximate surface area is 409 Å². The summed E-state index contributed by atoms with van der Waals surface area (Å²) in [5.41, 5.74) is 18.0. The van der Waals surface area contributed by atoms with Crippen LogP contribution in [0.25, 0.3) is 49.7 Å². The first-order chi connectivity index (χ1) is 34.7. The van der Waals surface area contributed by atoms with Crippen LogP contribution < -0.4 is 14.7 Å². The Balaban J connectivity index is 0.904. The van der Waals surface area contributed by atoms with Crippen molar-refractivity contribution in [3.05, 3.63) is 291 Å². The zero-order valence-electron chi connectivity index (χ0n) is 38.5. The van der Waals surface area contributed by atoms with Crippen LogP contribution in [0.4, 0.5) is 51.2 Å². The molecule has 0 saturated heterocycles. The topological polar surface area (TPSA) is 14.7 Å². The summed E-state index contributed by atoms with van der Waals surface area (Å²) in [4.78, 5) is 6.97. The summed E-state index contributed by atoms with van der Waals surface area (Å²) in [6.07, 6.45) is 0. The van der Waals surface area contributed by atoms with E-state index in [2.05, 4.69) is 310 Å². The number of fused-ring (bicyclic) bond motifs is 3. The molecule has 0 spiro atoms. The first kappa shape index (κ1) is 42.0. The lowest BCUT2D eigenvalue weighted by molar-refractivity contribution is 1.18. The van der Waals surface area contributed by atoms with E-state index in [0.717, 1.165) is 79.1 Å². The van der Waals surface area contributed by atoms with Gasteiger partial charge in [0.15, 0.2) is 0 Å². The first-order valence-electron chi connectivity index (χ1n) is 23.8. The van der Waals surface area contributed by atoms with Crippen LogP contribution in [0.1, 0.15) is 0 Å². The second kappa shape index (κ2) is 18.7. The maximum absolute atomic E-state index is 2.38. The predicted octanol–water partition coefficient (Wildman–Crippen LogP) is 18.5. The Morgan fingerprint density at radius 1 is 0.200 bits per heavy atom. The summed E-state index contributed by atoms with van der Waals surface area (Å²) in [6.45, 7) is 0. The lowest BCUT2D eigenvalue weighted by atomic mass is 10.0. The zero-order valence-corrected chi connectivity index (χ0v) is 38.5. The number of aromatic nitrogens is 1. The van der Waals surface area contributed by atoms with E-state index in [-0.39, 0.29) is 0 Å². The van der Waals surface area contributed by atoms with Crippen LogP contribution in [-0.4, -0.2) is 4.57 Å². The molecule has 70 heavy (non-hydrogen) atoms. The van der Waals surface area contributed by atoms with Crippen molar-refractivity contribution in [2.75, 3.05) is 14.7 Å². The minimum absolute atomic E-state index is 1.07. The van der Waals surface area contributed by atoms with E-state index in [1.165, 1.54) is 21.8 Å². The third kappa shape index (κ3) is 8.14. The fourth-order valence-electron chi connectivity index (χ4n) is 9.82. The second-order valence-corrected chi connectivity index (χ2v) is 17.4. The SMILES string of the molecule is c1ccc(N(c2ccccc2)c2ccc(-c3ccc(N(c4ccc(-c5ccc(N(c6ccccc6)c6ccccc6)cc5)cc4)c4ccc5c(c4)c4ccccc4n5-c4ccccc4)cc3)cc2)cc1. The number of benzene rings is 11. The van der Waals surface area contributed by atoms with Crippen molar-refractivity contribution >= 4 is 73.0 Å². The van der Waals surface area contributed by atoms with Gasteiger partial charge in [-0.15, -0.1) is 0 Å². The van der Waals surface area contributed by atoms with Crippen molar-refractivity contribution in [2.45, 2.75) is 0 Å². The van der Waals surface area contributed by atoms with Gasteiger partial charge >= 0.3 is 0 Å². The van der Waals surface area contributed by atoms with Crippen molar-refractivity contribution in [1.82, 2.24) is 4.57 Å². The standard InChI is InChI=1S/C66H48N4/c1-6-18-53(19-7-1)67(54-20-8-2-9-21-54)58-38-30-49(31-39-58)51-34-42-60(43-35-51)69(62-46-47-66-64(48-62)63-28-16-17-29-65(63)70(66)57-26-14-5-15-27-57)61-44-36-52(37-45-61)50-32-40-59(41-33-50)68(55-22-10-3-11-23-55)56-24-12-4-13-25-56/h1-48H. The van der Waals surface area contributed by atoms with Crippen LogP contribution in [-0.2, 0) is 0 Å². The van der Waals surface area contributed by atoms with Gasteiger partial charge in [-0.3, -0.25) is 0 Å². The largest absolute Gasteiger partial charge is 0.311 e. The fraction of sp³-hybridized carbons (Fsp3) is 0. The Kier molecular flexibility index (Phi) is 11.2. The van der Waals surface area contributed by atoms with E-state index >= 15 is 0 Å². The van der Waals surface area contributed by atoms with Gasteiger partial charge in [0.25, 0.3) is 0 Å². The van der Waals surface area contributed by atoms with E-state index in [9.17, 15) is 0 Å². The van der Waals surface area contributed by atoms with Crippen LogP contribution in [0.15, 0.2) is 291 Å². The molecule has 0 amide bonds. The first-order valence-corrected chi connectivity index (χ1v) is 23.8. The molecular weight excluding hydrogens is 849 g/mol. The highest BCUT2D eigenvalue weighted by molar-refractivity contribution is 6.10. The summed E-state index contributed by atoms with van der Waals surface area (Å²) in [6, 6.07) is 104. The Bertz CT molecular complexity index is 3400. The smallest absolute Gasteiger partial charge is 0.0542 e. The molecular formula is C66H48N4. The van der Waals surface area contributed by atoms with Crippen LogP contribution >= 0.6 is 0 Å². The molecule has 0 atom stereocenters. The predicted molar refractivity (Wildman–Crippen MR) is 296 cm³/mol. The van der Waals surface area contributed by atoms with Gasteiger partial charge < -0.3 is 19.3 Å². The molecule has 0 unspecified atom stereocenters. The molecule has 0 fully saturated rings. The van der Waals surface area contributed by atoms with Crippen molar-refractivity contribution in [3.8, 4) is 27.9 Å². The molecule has 332 valence electrons. The molecule has 0 radical (unpaired) electrons. The number of anilines is 9. The maximum Gasteiger partial charge on any atom is 0.0542 e. The van der Waals surface area contributed by atoms with Crippen molar-refractivity contribution < 1.29 is 0 Å². The molecule has 12 aromatic rings. The molecule has 1 aromatic heterocycles. The van der Waals surface area contributed by atoms with Gasteiger partial charge in [-0.05, 0) is 156 Å². The summed E-state index contributed by atoms with van der Waals surface area (Å²) in [5.74, 6) is 0. The highest BCUT2D eigenvalue weighted by Crippen LogP contribution is 2.42. The van der Waals surface area contributed by atoms with E-state index in [0.29, 0.717) is 0 Å². The van der Waals surface area contributed by atoms with Crippen LogP contribution in [0.5, 0.6) is 0 Å². The molecule has 1 heterocycles. The number of para-hydroxylation sites is 6.